The van der Waals surface area contributed by atoms with E-state index in [0.29, 0.717) is 15.2 Å². The van der Waals surface area contributed by atoms with Gasteiger partial charge in [0.1, 0.15) is 12.4 Å². The minimum atomic E-state index is -0.0884. The van der Waals surface area contributed by atoms with Crippen LogP contribution in [0.15, 0.2) is 71.7 Å². The fraction of sp³-hybridized carbons (Fsp3) is 0.387. The first-order valence-corrected chi connectivity index (χ1v) is 13.4. The lowest BCUT2D eigenvalue weighted by Gasteiger charge is -2.35. The van der Waals surface area contributed by atoms with Gasteiger partial charge in [0.05, 0.1) is 5.54 Å². The second-order valence-electron chi connectivity index (χ2n) is 10.2. The first kappa shape index (κ1) is 26.2. The molecule has 3 rings (SSSR count). The molecule has 3 aromatic carbocycles. The second kappa shape index (κ2) is 11.3. The molecular formula is C31H40NOP. The number of ether oxygens (including phenoxy) is 1. The van der Waals surface area contributed by atoms with Gasteiger partial charge in [0.2, 0.25) is 0 Å². The third-order valence-electron chi connectivity index (χ3n) is 6.29. The smallest absolute Gasteiger partial charge is 0.126 e. The first-order valence-electron chi connectivity index (χ1n) is 12.4. The number of hydrogen-bond donors (Lipinski definition) is 0. The largest absolute Gasteiger partial charge is 0.488 e. The highest BCUT2D eigenvalue weighted by Gasteiger charge is 2.33. The van der Waals surface area contributed by atoms with E-state index in [2.05, 4.69) is 115 Å². The molecule has 0 amide bonds. The topological polar surface area (TPSA) is 21.6 Å². The molecule has 180 valence electrons. The van der Waals surface area contributed by atoms with Crippen molar-refractivity contribution in [3.8, 4) is 5.75 Å². The van der Waals surface area contributed by atoms with Gasteiger partial charge >= 0.3 is 0 Å². The molecule has 0 spiro atoms. The summed E-state index contributed by atoms with van der Waals surface area (Å²) in [6, 6.07) is 23.8. The average Bonchev–Trinajstić information content (AvgIpc) is 2.81. The Balaban J connectivity index is 2.04. The first-order chi connectivity index (χ1) is 16.2. The Morgan fingerprint density at radius 2 is 1.53 bits per heavy atom. The molecule has 3 heteroatoms. The van der Waals surface area contributed by atoms with Crippen LogP contribution in [0.5, 0.6) is 5.75 Å². The van der Waals surface area contributed by atoms with Gasteiger partial charge in [-0.1, -0.05) is 94.7 Å². The van der Waals surface area contributed by atoms with E-state index in [4.69, 9.17) is 9.73 Å². The lowest BCUT2D eigenvalue weighted by Crippen LogP contribution is -2.24. The molecule has 0 heterocycles. The van der Waals surface area contributed by atoms with Crippen molar-refractivity contribution in [1.29, 1.82) is 0 Å². The van der Waals surface area contributed by atoms with E-state index in [1.807, 2.05) is 6.07 Å². The van der Waals surface area contributed by atoms with Gasteiger partial charge in [-0.2, -0.15) is 0 Å². The predicted octanol–water partition coefficient (Wildman–Crippen LogP) is 8.12. The summed E-state index contributed by atoms with van der Waals surface area (Å²) in [4.78, 5) is 4.81. The van der Waals surface area contributed by atoms with Crippen molar-refractivity contribution in [1.82, 2.24) is 0 Å². The Morgan fingerprint density at radius 1 is 0.882 bits per heavy atom. The summed E-state index contributed by atoms with van der Waals surface area (Å²) in [7, 11) is 0.624. The number of aryl methyl sites for hydroxylation is 2. The predicted molar refractivity (Wildman–Crippen MR) is 151 cm³/mol. The summed E-state index contributed by atoms with van der Waals surface area (Å²) in [5, 5.41) is 1.38. The van der Waals surface area contributed by atoms with Crippen molar-refractivity contribution >= 4 is 20.1 Å². The summed E-state index contributed by atoms with van der Waals surface area (Å²) >= 11 is 0. The Bertz CT molecular complexity index is 1110. The van der Waals surface area contributed by atoms with Crippen molar-refractivity contribution in [2.45, 2.75) is 78.6 Å². The summed E-state index contributed by atoms with van der Waals surface area (Å²) in [5.41, 5.74) is 6.17. The van der Waals surface area contributed by atoms with Crippen molar-refractivity contribution < 1.29 is 4.74 Å². The number of aliphatic imine (C=N–C) groups is 1. The van der Waals surface area contributed by atoms with E-state index in [1.54, 1.807) is 0 Å². The molecular weight excluding hydrogens is 433 g/mol. The molecule has 1 unspecified atom stereocenters. The lowest BCUT2D eigenvalue weighted by molar-refractivity contribution is 0.296. The number of rotatable bonds is 9. The molecule has 0 saturated heterocycles. The van der Waals surface area contributed by atoms with Gasteiger partial charge in [-0.3, -0.25) is 4.99 Å². The molecule has 0 radical (unpaired) electrons. The van der Waals surface area contributed by atoms with Crippen LogP contribution in [-0.2, 0) is 11.8 Å². The van der Waals surface area contributed by atoms with Gasteiger partial charge in [0, 0.05) is 16.9 Å². The SMILES string of the molecule is CCC(CC)(Pc1ccccc1/C=N/C(C)(C)C)c1cc(C)cc(C)c1OCc1ccccc1. The maximum atomic E-state index is 6.56. The highest BCUT2D eigenvalue weighted by molar-refractivity contribution is 7.48. The van der Waals surface area contributed by atoms with Gasteiger partial charge in [-0.25, -0.2) is 0 Å². The summed E-state index contributed by atoms with van der Waals surface area (Å²) in [6.45, 7) is 16.0. The second-order valence-corrected chi connectivity index (χ2v) is 11.9. The van der Waals surface area contributed by atoms with Gasteiger partial charge in [0.25, 0.3) is 0 Å². The standard InChI is InChI=1S/C31H40NOP/c1-8-31(9-2,34-28-18-14-13-17-26(28)21-32-30(5,6)7)27-20-23(3)19-24(4)29(27)33-22-25-15-11-10-12-16-25/h10-21,34H,8-9,22H2,1-7H3/b32-21+. The average molecular weight is 474 g/mol. The van der Waals surface area contributed by atoms with Crippen LogP contribution in [0.4, 0.5) is 0 Å². The van der Waals surface area contributed by atoms with E-state index in [9.17, 15) is 0 Å². The zero-order valence-corrected chi connectivity index (χ0v) is 22.9. The Hall–Kier alpha value is -2.44. The zero-order chi connectivity index (χ0) is 24.8. The number of nitrogens with zero attached hydrogens (tertiary/aromatic N) is 1. The third-order valence-corrected chi connectivity index (χ3v) is 8.47. The third kappa shape index (κ3) is 6.57. The van der Waals surface area contributed by atoms with Crippen LogP contribution in [0.1, 0.15) is 75.3 Å². The molecule has 1 atom stereocenters. The molecule has 0 bridgehead atoms. The highest BCUT2D eigenvalue weighted by Crippen LogP contribution is 2.51. The van der Waals surface area contributed by atoms with Gasteiger partial charge in [-0.05, 0) is 69.5 Å². The molecule has 0 aliphatic heterocycles. The summed E-state index contributed by atoms with van der Waals surface area (Å²) < 4.78 is 6.56. The van der Waals surface area contributed by atoms with Gasteiger partial charge in [0.15, 0.2) is 0 Å². The fourth-order valence-corrected chi connectivity index (χ4v) is 6.01. The van der Waals surface area contributed by atoms with Crippen LogP contribution in [0, 0.1) is 13.8 Å². The van der Waals surface area contributed by atoms with Crippen LogP contribution in [-0.4, -0.2) is 11.8 Å². The van der Waals surface area contributed by atoms with Crippen molar-refractivity contribution in [2.75, 3.05) is 0 Å². The number of benzene rings is 3. The highest BCUT2D eigenvalue weighted by atomic mass is 31.1. The summed E-state index contributed by atoms with van der Waals surface area (Å²) in [5.74, 6) is 1.05. The molecule has 0 N–H and O–H groups in total. The van der Waals surface area contributed by atoms with E-state index in [1.165, 1.54) is 33.1 Å². The molecule has 2 nitrogen and oxygen atoms in total. The maximum Gasteiger partial charge on any atom is 0.126 e. The molecule has 0 aromatic heterocycles. The van der Waals surface area contributed by atoms with Crippen LogP contribution < -0.4 is 10.0 Å². The normalized spacial score (nSPS) is 12.7. The van der Waals surface area contributed by atoms with Crippen molar-refractivity contribution in [3.63, 3.8) is 0 Å². The Labute approximate surface area is 208 Å². The molecule has 3 aromatic rings. The molecule has 0 aliphatic rings. The molecule has 0 aliphatic carbocycles. The van der Waals surface area contributed by atoms with Crippen LogP contribution >= 0.6 is 8.58 Å². The Kier molecular flexibility index (Phi) is 8.72. The van der Waals surface area contributed by atoms with Gasteiger partial charge < -0.3 is 4.74 Å². The van der Waals surface area contributed by atoms with Crippen LogP contribution in [0.2, 0.25) is 0 Å². The minimum absolute atomic E-state index is 0.00841. The van der Waals surface area contributed by atoms with E-state index < -0.39 is 0 Å². The monoisotopic (exact) mass is 473 g/mol. The van der Waals surface area contributed by atoms with Crippen LogP contribution in [0.25, 0.3) is 0 Å². The number of hydrogen-bond acceptors (Lipinski definition) is 2. The van der Waals surface area contributed by atoms with Gasteiger partial charge in [-0.15, -0.1) is 0 Å². The quantitative estimate of drug-likeness (QED) is 0.227. The maximum absolute atomic E-state index is 6.56. The summed E-state index contributed by atoms with van der Waals surface area (Å²) in [6.07, 6.45) is 4.17. The van der Waals surface area contributed by atoms with Crippen LogP contribution in [0.3, 0.4) is 0 Å². The van der Waals surface area contributed by atoms with E-state index in [-0.39, 0.29) is 10.7 Å². The molecule has 34 heavy (non-hydrogen) atoms. The van der Waals surface area contributed by atoms with Crippen molar-refractivity contribution in [3.05, 3.63) is 94.5 Å². The molecule has 0 fully saturated rings. The zero-order valence-electron chi connectivity index (χ0n) is 21.9. The fourth-order valence-electron chi connectivity index (χ4n) is 4.35. The Morgan fingerprint density at radius 3 is 2.18 bits per heavy atom. The lowest BCUT2D eigenvalue weighted by atomic mass is 9.89. The van der Waals surface area contributed by atoms with E-state index in [0.717, 1.165) is 18.6 Å². The van der Waals surface area contributed by atoms with E-state index >= 15 is 0 Å². The molecule has 0 saturated carbocycles. The minimum Gasteiger partial charge on any atom is -0.488 e. The van der Waals surface area contributed by atoms with Crippen molar-refractivity contribution in [2.24, 2.45) is 4.99 Å².